The fourth-order valence-corrected chi connectivity index (χ4v) is 4.87. The lowest BCUT2D eigenvalue weighted by Gasteiger charge is -2.44. The molecule has 3 amide bonds. The minimum absolute atomic E-state index is 0.0566. The largest absolute Gasteiger partial charge is 0.497 e. The van der Waals surface area contributed by atoms with E-state index in [0.717, 1.165) is 5.56 Å². The fourth-order valence-electron chi connectivity index (χ4n) is 4.87. The van der Waals surface area contributed by atoms with E-state index in [4.69, 9.17) is 13.9 Å². The lowest BCUT2D eigenvalue weighted by molar-refractivity contribution is -0.128. The number of carbonyl (C=O) groups is 3. The van der Waals surface area contributed by atoms with Crippen molar-refractivity contribution in [1.29, 1.82) is 0 Å². The first-order chi connectivity index (χ1) is 18.0. The third-order valence-electron chi connectivity index (χ3n) is 6.90. The number of benzene rings is 1. The molecule has 37 heavy (non-hydrogen) atoms. The molecule has 4 heterocycles. The number of methoxy groups -OCH3 is 1. The standard InChI is InChI=1S/C27H28N4O6/c1-35-21-6-4-20(5-7-21)25(33)30-14-10-27(11-15-30)31(26(34)23-3-2-16-36-23)22(18-37-27)24(32)29-17-19-8-12-28-13-9-19/h2-9,12-13,16,22H,10-11,14-15,17-18H2,1H3,(H,29,32). The third kappa shape index (κ3) is 4.92. The van der Waals surface area contributed by atoms with Crippen LogP contribution >= 0.6 is 0 Å². The number of nitrogens with one attached hydrogen (secondary N) is 1. The molecule has 192 valence electrons. The van der Waals surface area contributed by atoms with Gasteiger partial charge in [0.15, 0.2) is 5.76 Å². The van der Waals surface area contributed by atoms with Crippen molar-refractivity contribution in [3.63, 3.8) is 0 Å². The zero-order chi connectivity index (χ0) is 25.8. The van der Waals surface area contributed by atoms with Crippen LogP contribution in [0.15, 0.2) is 71.6 Å². The maximum absolute atomic E-state index is 13.5. The highest BCUT2D eigenvalue weighted by molar-refractivity contribution is 5.97. The second-order valence-corrected chi connectivity index (χ2v) is 9.02. The first-order valence-corrected chi connectivity index (χ1v) is 12.1. The van der Waals surface area contributed by atoms with Gasteiger partial charge in [-0.1, -0.05) is 0 Å². The quantitative estimate of drug-likeness (QED) is 0.549. The smallest absolute Gasteiger partial charge is 0.292 e. The summed E-state index contributed by atoms with van der Waals surface area (Å²) in [6.45, 7) is 1.11. The average molecular weight is 505 g/mol. The summed E-state index contributed by atoms with van der Waals surface area (Å²) < 4.78 is 16.7. The van der Waals surface area contributed by atoms with Crippen LogP contribution in [-0.2, 0) is 16.1 Å². The van der Waals surface area contributed by atoms with Gasteiger partial charge >= 0.3 is 0 Å². The number of aromatic nitrogens is 1. The second-order valence-electron chi connectivity index (χ2n) is 9.02. The normalized spacial score (nSPS) is 18.6. The maximum Gasteiger partial charge on any atom is 0.292 e. The predicted molar refractivity (Wildman–Crippen MR) is 132 cm³/mol. The van der Waals surface area contributed by atoms with Crippen LogP contribution in [0.1, 0.15) is 39.3 Å². The van der Waals surface area contributed by atoms with Crippen LogP contribution in [0.3, 0.4) is 0 Å². The molecule has 0 saturated carbocycles. The Balaban J connectivity index is 1.32. The Kier molecular flexibility index (Phi) is 6.91. The summed E-state index contributed by atoms with van der Waals surface area (Å²) in [7, 11) is 1.57. The summed E-state index contributed by atoms with van der Waals surface area (Å²) >= 11 is 0. The highest BCUT2D eigenvalue weighted by Crippen LogP contribution is 2.39. The molecule has 1 spiro atoms. The number of pyridine rings is 1. The summed E-state index contributed by atoms with van der Waals surface area (Å²) in [5, 5.41) is 2.90. The molecular formula is C27H28N4O6. The van der Waals surface area contributed by atoms with Crippen molar-refractivity contribution >= 4 is 17.7 Å². The molecule has 1 aromatic carbocycles. The van der Waals surface area contributed by atoms with E-state index in [2.05, 4.69) is 10.3 Å². The van der Waals surface area contributed by atoms with Gasteiger partial charge in [-0.05, 0) is 54.1 Å². The van der Waals surface area contributed by atoms with Crippen LogP contribution in [0.25, 0.3) is 0 Å². The lowest BCUT2D eigenvalue weighted by atomic mass is 9.96. The van der Waals surface area contributed by atoms with Gasteiger partial charge in [-0.15, -0.1) is 0 Å². The molecule has 3 aromatic rings. The van der Waals surface area contributed by atoms with E-state index in [9.17, 15) is 14.4 Å². The van der Waals surface area contributed by atoms with Crippen molar-refractivity contribution in [2.24, 2.45) is 0 Å². The van der Waals surface area contributed by atoms with Crippen LogP contribution in [0.5, 0.6) is 5.75 Å². The minimum Gasteiger partial charge on any atom is -0.497 e. The number of furan rings is 1. The van der Waals surface area contributed by atoms with Crippen LogP contribution in [0, 0.1) is 0 Å². The molecule has 1 unspecified atom stereocenters. The van der Waals surface area contributed by atoms with Crippen molar-refractivity contribution in [2.45, 2.75) is 31.2 Å². The zero-order valence-corrected chi connectivity index (χ0v) is 20.5. The van der Waals surface area contributed by atoms with E-state index in [1.165, 1.54) is 11.2 Å². The van der Waals surface area contributed by atoms with E-state index in [1.807, 2.05) is 12.1 Å². The number of nitrogens with zero attached hydrogens (tertiary/aromatic N) is 3. The van der Waals surface area contributed by atoms with Gasteiger partial charge in [0.05, 0.1) is 20.0 Å². The Labute approximate surface area is 214 Å². The van der Waals surface area contributed by atoms with Gasteiger partial charge in [0, 0.05) is 50.4 Å². The van der Waals surface area contributed by atoms with E-state index in [1.54, 1.807) is 60.8 Å². The molecule has 1 atom stereocenters. The Morgan fingerprint density at radius 3 is 2.43 bits per heavy atom. The van der Waals surface area contributed by atoms with Crippen LogP contribution < -0.4 is 10.1 Å². The van der Waals surface area contributed by atoms with Crippen LogP contribution in [0.2, 0.25) is 0 Å². The number of rotatable bonds is 6. The molecule has 2 saturated heterocycles. The predicted octanol–water partition coefficient (Wildman–Crippen LogP) is 2.47. The molecule has 2 aromatic heterocycles. The second kappa shape index (κ2) is 10.4. The molecule has 2 aliphatic rings. The Morgan fingerprint density at radius 1 is 1.05 bits per heavy atom. The van der Waals surface area contributed by atoms with Gasteiger partial charge in [0.25, 0.3) is 11.8 Å². The van der Waals surface area contributed by atoms with E-state index < -0.39 is 17.7 Å². The maximum atomic E-state index is 13.5. The van der Waals surface area contributed by atoms with Crippen molar-refractivity contribution < 1.29 is 28.3 Å². The average Bonchev–Trinajstić information content (AvgIpc) is 3.61. The molecule has 2 aliphatic heterocycles. The highest BCUT2D eigenvalue weighted by atomic mass is 16.5. The Bertz CT molecular complexity index is 1240. The number of amides is 3. The van der Waals surface area contributed by atoms with Crippen LogP contribution in [0.4, 0.5) is 0 Å². The number of likely N-dealkylation sites (tertiary alicyclic amines) is 1. The SMILES string of the molecule is COc1ccc(C(=O)N2CCC3(CC2)OCC(C(=O)NCc2ccncc2)N3C(=O)c2ccco2)cc1. The van der Waals surface area contributed by atoms with Gasteiger partial charge in [0.1, 0.15) is 17.5 Å². The summed E-state index contributed by atoms with van der Waals surface area (Å²) in [6.07, 6.45) is 5.47. The van der Waals surface area contributed by atoms with Gasteiger partial charge in [-0.3, -0.25) is 24.3 Å². The number of ether oxygens (including phenoxy) is 2. The van der Waals surface area contributed by atoms with Crippen molar-refractivity contribution in [1.82, 2.24) is 20.1 Å². The Morgan fingerprint density at radius 2 is 1.78 bits per heavy atom. The summed E-state index contributed by atoms with van der Waals surface area (Å²) in [5.74, 6) is -0.0275. The number of hydrogen-bond acceptors (Lipinski definition) is 7. The molecule has 2 fully saturated rings. The summed E-state index contributed by atoms with van der Waals surface area (Å²) in [4.78, 5) is 47.1. The zero-order valence-electron chi connectivity index (χ0n) is 20.5. The Hall–Kier alpha value is -4.18. The summed E-state index contributed by atoms with van der Waals surface area (Å²) in [5.41, 5.74) is 0.436. The summed E-state index contributed by atoms with van der Waals surface area (Å²) in [6, 6.07) is 13.0. The molecule has 0 radical (unpaired) electrons. The lowest BCUT2D eigenvalue weighted by Crippen LogP contribution is -2.59. The van der Waals surface area contributed by atoms with E-state index in [-0.39, 0.29) is 24.2 Å². The molecule has 10 nitrogen and oxygen atoms in total. The third-order valence-corrected chi connectivity index (χ3v) is 6.90. The van der Waals surface area contributed by atoms with Gasteiger partial charge < -0.3 is 24.1 Å². The monoisotopic (exact) mass is 504 g/mol. The van der Waals surface area contributed by atoms with Gasteiger partial charge in [-0.2, -0.15) is 0 Å². The first-order valence-electron chi connectivity index (χ1n) is 12.1. The van der Waals surface area contributed by atoms with Gasteiger partial charge in [0.2, 0.25) is 5.91 Å². The topological polar surface area (TPSA) is 114 Å². The number of hydrogen-bond donors (Lipinski definition) is 1. The molecule has 0 bridgehead atoms. The molecule has 5 rings (SSSR count). The van der Waals surface area contributed by atoms with Crippen molar-refractivity contribution in [3.8, 4) is 5.75 Å². The number of piperidine rings is 1. The van der Waals surface area contributed by atoms with Gasteiger partial charge in [-0.25, -0.2) is 0 Å². The van der Waals surface area contributed by atoms with Crippen molar-refractivity contribution in [2.75, 3.05) is 26.8 Å². The molecular weight excluding hydrogens is 476 g/mol. The van der Waals surface area contributed by atoms with Crippen LogP contribution in [-0.4, -0.2) is 71.1 Å². The molecule has 0 aliphatic carbocycles. The first kappa shape index (κ1) is 24.5. The van der Waals surface area contributed by atoms with E-state index in [0.29, 0.717) is 43.8 Å². The minimum atomic E-state index is -1.01. The molecule has 1 N–H and O–H groups in total. The van der Waals surface area contributed by atoms with E-state index >= 15 is 0 Å². The highest BCUT2D eigenvalue weighted by Gasteiger charge is 2.54. The number of carbonyl (C=O) groups excluding carboxylic acids is 3. The molecule has 10 heteroatoms. The van der Waals surface area contributed by atoms with Crippen molar-refractivity contribution in [3.05, 3.63) is 84.1 Å². The fraction of sp³-hybridized carbons (Fsp3) is 0.333.